The van der Waals surface area contributed by atoms with E-state index >= 15 is 0 Å². The van der Waals surface area contributed by atoms with Crippen molar-refractivity contribution in [3.63, 3.8) is 0 Å². The fraction of sp³-hybridized carbons (Fsp3) is 0.364. The van der Waals surface area contributed by atoms with Gasteiger partial charge in [0.2, 0.25) is 0 Å². The van der Waals surface area contributed by atoms with E-state index in [-0.39, 0.29) is 31.6 Å². The second-order valence-electron chi connectivity index (χ2n) is 6.83. The van der Waals surface area contributed by atoms with Gasteiger partial charge < -0.3 is 18.9 Å². The number of benzene rings is 2. The Kier molecular flexibility index (Phi) is 7.62. The van der Waals surface area contributed by atoms with Crippen LogP contribution in [-0.2, 0) is 13.6 Å². The molecule has 0 aromatic heterocycles. The van der Waals surface area contributed by atoms with E-state index in [1.165, 1.54) is 4.90 Å². The molecular formula is C22H26NO7P. The summed E-state index contributed by atoms with van der Waals surface area (Å²) in [5, 5.41) is 10.4. The van der Waals surface area contributed by atoms with Crippen LogP contribution in [0.3, 0.4) is 0 Å². The molecular weight excluding hydrogens is 421 g/mol. The molecule has 0 fully saturated rings. The Hall–Kier alpha value is -2.51. The molecule has 0 spiro atoms. The molecule has 1 N–H and O–H groups in total. The SMILES string of the molecule is CCOP(=O)(OCC)C(O)c1ccc(OCCCN2C(=O)c3ccccc3C2=O)cc1. The Bertz CT molecular complexity index is 931. The molecule has 0 bridgehead atoms. The largest absolute Gasteiger partial charge is 0.494 e. The van der Waals surface area contributed by atoms with E-state index < -0.39 is 13.4 Å². The second-order valence-corrected chi connectivity index (χ2v) is 8.91. The summed E-state index contributed by atoms with van der Waals surface area (Å²) < 4.78 is 28.7. The highest BCUT2D eigenvalue weighted by Crippen LogP contribution is 2.59. The first-order valence-electron chi connectivity index (χ1n) is 10.2. The lowest BCUT2D eigenvalue weighted by Gasteiger charge is -2.22. The van der Waals surface area contributed by atoms with Crippen LogP contribution in [0.2, 0.25) is 0 Å². The molecule has 2 amide bonds. The van der Waals surface area contributed by atoms with Gasteiger partial charge in [-0.15, -0.1) is 0 Å². The van der Waals surface area contributed by atoms with Crippen molar-refractivity contribution in [2.75, 3.05) is 26.4 Å². The van der Waals surface area contributed by atoms with E-state index in [1.807, 2.05) is 0 Å². The van der Waals surface area contributed by atoms with Crippen LogP contribution >= 0.6 is 7.60 Å². The topological polar surface area (TPSA) is 102 Å². The number of hydrogen-bond donors (Lipinski definition) is 1. The van der Waals surface area contributed by atoms with Gasteiger partial charge in [0.15, 0.2) is 5.85 Å². The maximum atomic E-state index is 12.7. The van der Waals surface area contributed by atoms with Crippen LogP contribution < -0.4 is 4.74 Å². The van der Waals surface area contributed by atoms with Gasteiger partial charge in [-0.1, -0.05) is 24.3 Å². The third-order valence-corrected chi connectivity index (χ3v) is 6.90. The van der Waals surface area contributed by atoms with Crippen molar-refractivity contribution in [1.29, 1.82) is 0 Å². The summed E-state index contributed by atoms with van der Waals surface area (Å²) in [6, 6.07) is 13.2. The molecule has 1 aliphatic heterocycles. The van der Waals surface area contributed by atoms with Crippen molar-refractivity contribution in [1.82, 2.24) is 4.90 Å². The maximum absolute atomic E-state index is 12.7. The number of fused-ring (bicyclic) bond motifs is 1. The first-order valence-corrected chi connectivity index (χ1v) is 11.8. The summed E-state index contributed by atoms with van der Waals surface area (Å²) in [6.07, 6.45) is 0.472. The van der Waals surface area contributed by atoms with Crippen molar-refractivity contribution in [3.8, 4) is 5.75 Å². The van der Waals surface area contributed by atoms with Gasteiger partial charge in [-0.2, -0.15) is 0 Å². The van der Waals surface area contributed by atoms with Gasteiger partial charge in [-0.05, 0) is 50.1 Å². The highest BCUT2D eigenvalue weighted by molar-refractivity contribution is 7.54. The number of imide groups is 1. The van der Waals surface area contributed by atoms with Crippen molar-refractivity contribution in [3.05, 3.63) is 65.2 Å². The summed E-state index contributed by atoms with van der Waals surface area (Å²) in [5.74, 6) is -1.42. The van der Waals surface area contributed by atoms with Crippen LogP contribution in [0.4, 0.5) is 0 Å². The minimum absolute atomic E-state index is 0.155. The lowest BCUT2D eigenvalue weighted by molar-refractivity contribution is 0.0646. The molecule has 2 aromatic rings. The summed E-state index contributed by atoms with van der Waals surface area (Å²) >= 11 is 0. The van der Waals surface area contributed by atoms with Gasteiger partial charge in [-0.25, -0.2) is 0 Å². The molecule has 31 heavy (non-hydrogen) atoms. The number of ether oxygens (including phenoxy) is 1. The molecule has 2 aromatic carbocycles. The van der Waals surface area contributed by atoms with Crippen LogP contribution in [0.5, 0.6) is 5.75 Å². The maximum Gasteiger partial charge on any atom is 0.363 e. The van der Waals surface area contributed by atoms with Crippen LogP contribution in [0.25, 0.3) is 0 Å². The van der Waals surface area contributed by atoms with Crippen LogP contribution in [-0.4, -0.2) is 48.2 Å². The van der Waals surface area contributed by atoms with Crippen molar-refractivity contribution in [2.24, 2.45) is 0 Å². The van der Waals surface area contributed by atoms with E-state index in [0.29, 0.717) is 35.5 Å². The van der Waals surface area contributed by atoms with Crippen molar-refractivity contribution >= 4 is 19.4 Å². The Morgan fingerprint density at radius 3 is 2.00 bits per heavy atom. The molecule has 1 heterocycles. The van der Waals surface area contributed by atoms with Crippen LogP contribution in [0.1, 0.15) is 52.4 Å². The molecule has 166 valence electrons. The zero-order chi connectivity index (χ0) is 22.4. The number of nitrogens with zero attached hydrogens (tertiary/aromatic N) is 1. The average Bonchev–Trinajstić information content (AvgIpc) is 3.02. The van der Waals surface area contributed by atoms with Gasteiger partial charge in [0.25, 0.3) is 11.8 Å². The van der Waals surface area contributed by atoms with Gasteiger partial charge in [0, 0.05) is 6.54 Å². The number of rotatable bonds is 11. The molecule has 9 heteroatoms. The third-order valence-electron chi connectivity index (χ3n) is 4.77. The fourth-order valence-corrected chi connectivity index (χ4v) is 4.93. The van der Waals surface area contributed by atoms with Gasteiger partial charge >= 0.3 is 7.60 Å². The van der Waals surface area contributed by atoms with Crippen molar-refractivity contribution in [2.45, 2.75) is 26.1 Å². The molecule has 0 radical (unpaired) electrons. The Labute approximate surface area is 181 Å². The Morgan fingerprint density at radius 2 is 1.48 bits per heavy atom. The number of aliphatic hydroxyl groups is 1. The monoisotopic (exact) mass is 447 g/mol. The molecule has 0 saturated heterocycles. The van der Waals surface area contributed by atoms with Crippen molar-refractivity contribution < 1.29 is 33.0 Å². The number of aliphatic hydroxyl groups excluding tert-OH is 1. The first kappa shape index (κ1) is 23.2. The summed E-state index contributed by atoms with van der Waals surface area (Å²) in [6.45, 7) is 4.22. The van der Waals surface area contributed by atoms with Gasteiger partial charge in [0.1, 0.15) is 5.75 Å². The Morgan fingerprint density at radius 1 is 0.935 bits per heavy atom. The zero-order valence-corrected chi connectivity index (χ0v) is 18.4. The number of hydrogen-bond acceptors (Lipinski definition) is 7. The molecule has 1 aliphatic rings. The molecule has 0 aliphatic carbocycles. The molecule has 0 saturated carbocycles. The second kappa shape index (κ2) is 10.2. The van der Waals surface area contributed by atoms with E-state index in [2.05, 4.69) is 0 Å². The highest BCUT2D eigenvalue weighted by atomic mass is 31.2. The minimum Gasteiger partial charge on any atom is -0.494 e. The summed E-state index contributed by atoms with van der Waals surface area (Å²) in [7, 11) is -3.68. The molecule has 8 nitrogen and oxygen atoms in total. The smallest absolute Gasteiger partial charge is 0.363 e. The lowest BCUT2D eigenvalue weighted by atomic mass is 10.1. The van der Waals surface area contributed by atoms with E-state index in [4.69, 9.17) is 13.8 Å². The fourth-order valence-electron chi connectivity index (χ4n) is 3.31. The van der Waals surface area contributed by atoms with Crippen LogP contribution in [0.15, 0.2) is 48.5 Å². The molecule has 3 rings (SSSR count). The van der Waals surface area contributed by atoms with E-state index in [1.54, 1.807) is 62.4 Å². The van der Waals surface area contributed by atoms with Gasteiger partial charge in [-0.3, -0.25) is 19.1 Å². The molecule has 1 unspecified atom stereocenters. The quantitative estimate of drug-likeness (QED) is 0.315. The Balaban J connectivity index is 1.52. The highest BCUT2D eigenvalue weighted by Gasteiger charge is 2.36. The molecule has 1 atom stereocenters. The van der Waals surface area contributed by atoms with Gasteiger partial charge in [0.05, 0.1) is 30.9 Å². The normalized spacial score (nSPS) is 14.6. The minimum atomic E-state index is -3.68. The standard InChI is InChI=1S/C22H26NO7P/c1-3-29-31(27,30-4-2)22(26)16-10-12-17(13-11-16)28-15-7-14-23-20(24)18-8-5-6-9-19(18)21(23)25/h5-6,8-13,22,26H,3-4,7,14-15H2,1-2H3. The summed E-state index contributed by atoms with van der Waals surface area (Å²) in [5.41, 5.74) is 1.25. The predicted octanol–water partition coefficient (Wildman–Crippen LogP) is 4.01. The summed E-state index contributed by atoms with van der Waals surface area (Å²) in [4.78, 5) is 25.9. The average molecular weight is 447 g/mol. The van der Waals surface area contributed by atoms with E-state index in [9.17, 15) is 19.3 Å². The number of carbonyl (C=O) groups is 2. The van der Waals surface area contributed by atoms with Crippen LogP contribution in [0, 0.1) is 0 Å². The first-order chi connectivity index (χ1) is 14.9. The third kappa shape index (κ3) is 5.05. The lowest BCUT2D eigenvalue weighted by Crippen LogP contribution is -2.31. The number of carbonyl (C=O) groups excluding carboxylic acids is 2. The predicted molar refractivity (Wildman–Crippen MR) is 114 cm³/mol. The van der Waals surface area contributed by atoms with E-state index in [0.717, 1.165) is 0 Å². The number of amides is 2. The zero-order valence-electron chi connectivity index (χ0n) is 17.5.